The molecule has 1 atom stereocenters. The molecule has 20 heavy (non-hydrogen) atoms. The van der Waals surface area contributed by atoms with Gasteiger partial charge in [0.25, 0.3) is 0 Å². The summed E-state index contributed by atoms with van der Waals surface area (Å²) in [6.45, 7) is 5.26. The summed E-state index contributed by atoms with van der Waals surface area (Å²) in [5, 5.41) is 9.79. The Kier molecular flexibility index (Phi) is 4.79. The third-order valence-electron chi connectivity index (χ3n) is 2.97. The molecule has 0 amide bonds. The van der Waals surface area contributed by atoms with Crippen LogP contribution in [0.4, 0.5) is 22.0 Å². The molecule has 0 saturated heterocycles. The summed E-state index contributed by atoms with van der Waals surface area (Å²) >= 11 is 0. The normalized spacial score (nSPS) is 14.7. The van der Waals surface area contributed by atoms with Crippen LogP contribution in [0.25, 0.3) is 0 Å². The lowest BCUT2D eigenvalue weighted by atomic mass is 9.81. The molecule has 0 aliphatic heterocycles. The molecule has 0 spiro atoms. The second-order valence-electron chi connectivity index (χ2n) is 5.76. The number of alkyl halides is 4. The van der Waals surface area contributed by atoms with Crippen LogP contribution in [-0.4, -0.2) is 17.5 Å². The second-order valence-corrected chi connectivity index (χ2v) is 5.76. The number of hydrogen-bond donors (Lipinski definition) is 1. The Balaban J connectivity index is 3.15. The van der Waals surface area contributed by atoms with Crippen LogP contribution >= 0.6 is 0 Å². The minimum absolute atomic E-state index is 0.0853. The van der Waals surface area contributed by atoms with Gasteiger partial charge in [0.15, 0.2) is 0 Å². The lowest BCUT2D eigenvalue weighted by molar-refractivity contribution is -0.149. The van der Waals surface area contributed by atoms with E-state index in [1.54, 1.807) is 20.8 Å². The third kappa shape index (κ3) is 3.91. The van der Waals surface area contributed by atoms with Crippen LogP contribution in [0.2, 0.25) is 0 Å². The van der Waals surface area contributed by atoms with Crippen molar-refractivity contribution in [2.75, 3.05) is 0 Å². The molecular weight excluding hydrogens is 279 g/mol. The summed E-state index contributed by atoms with van der Waals surface area (Å²) in [5.74, 6) is -5.03. The molecule has 1 aromatic rings. The van der Waals surface area contributed by atoms with Gasteiger partial charge in [-0.25, -0.2) is 22.0 Å². The molecule has 0 saturated carbocycles. The third-order valence-corrected chi connectivity index (χ3v) is 2.97. The van der Waals surface area contributed by atoms with E-state index in [0.717, 1.165) is 12.1 Å². The molecule has 6 heteroatoms. The molecule has 0 aromatic heterocycles. The SMILES string of the molecule is CC(C)(C)c1ccc(F)cc1C(O)CC(F)(F)C(F)F. The Morgan fingerprint density at radius 3 is 2.15 bits per heavy atom. The molecule has 0 aliphatic carbocycles. The van der Waals surface area contributed by atoms with Crippen LogP contribution in [0.1, 0.15) is 44.4 Å². The van der Waals surface area contributed by atoms with E-state index in [0.29, 0.717) is 5.56 Å². The Hall–Kier alpha value is -1.17. The number of rotatable bonds is 4. The largest absolute Gasteiger partial charge is 0.388 e. The maximum Gasteiger partial charge on any atom is 0.310 e. The molecule has 0 bridgehead atoms. The summed E-state index contributed by atoms with van der Waals surface area (Å²) in [5.41, 5.74) is -0.182. The summed E-state index contributed by atoms with van der Waals surface area (Å²) in [7, 11) is 0. The fourth-order valence-corrected chi connectivity index (χ4v) is 1.95. The van der Waals surface area contributed by atoms with E-state index in [1.807, 2.05) is 0 Å². The van der Waals surface area contributed by atoms with Crippen LogP contribution in [0.3, 0.4) is 0 Å². The van der Waals surface area contributed by atoms with E-state index in [1.165, 1.54) is 6.07 Å². The maximum atomic E-state index is 13.2. The maximum absolute atomic E-state index is 13.2. The lowest BCUT2D eigenvalue weighted by Gasteiger charge is -2.27. The van der Waals surface area contributed by atoms with Crippen molar-refractivity contribution in [3.8, 4) is 0 Å². The number of halogens is 5. The highest BCUT2D eigenvalue weighted by molar-refractivity contribution is 5.35. The predicted molar refractivity (Wildman–Crippen MR) is 65.6 cm³/mol. The van der Waals surface area contributed by atoms with Gasteiger partial charge in [-0.2, -0.15) is 0 Å². The average Bonchev–Trinajstić information content (AvgIpc) is 2.26. The number of hydrogen-bond acceptors (Lipinski definition) is 1. The monoisotopic (exact) mass is 296 g/mol. The van der Waals surface area contributed by atoms with Gasteiger partial charge in [-0.1, -0.05) is 26.8 Å². The van der Waals surface area contributed by atoms with Crippen LogP contribution in [0.5, 0.6) is 0 Å². The van der Waals surface area contributed by atoms with E-state index in [-0.39, 0.29) is 5.56 Å². The highest BCUT2D eigenvalue weighted by Gasteiger charge is 2.43. The smallest absolute Gasteiger partial charge is 0.310 e. The highest BCUT2D eigenvalue weighted by Crippen LogP contribution is 2.37. The second kappa shape index (κ2) is 5.68. The van der Waals surface area contributed by atoms with E-state index >= 15 is 0 Å². The summed E-state index contributed by atoms with van der Waals surface area (Å²) in [6, 6.07) is 3.42. The van der Waals surface area contributed by atoms with Crippen LogP contribution in [0, 0.1) is 5.82 Å². The van der Waals surface area contributed by atoms with E-state index in [2.05, 4.69) is 0 Å². The number of aliphatic hydroxyl groups excluding tert-OH is 1. The van der Waals surface area contributed by atoms with Crippen molar-refractivity contribution < 1.29 is 27.1 Å². The van der Waals surface area contributed by atoms with E-state index in [9.17, 15) is 27.1 Å². The first-order valence-electron chi connectivity index (χ1n) is 6.09. The first-order valence-corrected chi connectivity index (χ1v) is 6.09. The molecule has 0 aliphatic rings. The van der Waals surface area contributed by atoms with Crippen molar-refractivity contribution in [3.05, 3.63) is 35.1 Å². The zero-order valence-corrected chi connectivity index (χ0v) is 11.4. The van der Waals surface area contributed by atoms with Crippen molar-refractivity contribution >= 4 is 0 Å². The number of aliphatic hydroxyl groups is 1. The van der Waals surface area contributed by atoms with E-state index < -0.39 is 36.1 Å². The highest BCUT2D eigenvalue weighted by atomic mass is 19.3. The standard InChI is InChI=1S/C14H17F5O/c1-13(2,3)10-5-4-8(15)6-9(10)11(20)7-14(18,19)12(16)17/h4-6,11-12,20H,7H2,1-3H3. The minimum Gasteiger partial charge on any atom is -0.388 e. The van der Waals surface area contributed by atoms with Gasteiger partial charge in [0.05, 0.1) is 6.10 Å². The van der Waals surface area contributed by atoms with Gasteiger partial charge < -0.3 is 5.11 Å². The van der Waals surface area contributed by atoms with Gasteiger partial charge in [-0.05, 0) is 28.7 Å². The Morgan fingerprint density at radius 1 is 1.15 bits per heavy atom. The molecule has 1 nitrogen and oxygen atoms in total. The average molecular weight is 296 g/mol. The van der Waals surface area contributed by atoms with Crippen molar-refractivity contribution in [2.24, 2.45) is 0 Å². The lowest BCUT2D eigenvalue weighted by Crippen LogP contribution is -2.29. The van der Waals surface area contributed by atoms with Crippen LogP contribution in [0.15, 0.2) is 18.2 Å². The molecule has 1 N–H and O–H groups in total. The molecular formula is C14H17F5O. The molecule has 0 radical (unpaired) electrons. The van der Waals surface area contributed by atoms with Crippen molar-refractivity contribution in [2.45, 2.75) is 51.1 Å². The van der Waals surface area contributed by atoms with Gasteiger partial charge in [0.1, 0.15) is 5.82 Å². The summed E-state index contributed by atoms with van der Waals surface area (Å²) in [4.78, 5) is 0. The topological polar surface area (TPSA) is 20.2 Å². The van der Waals surface area contributed by atoms with Gasteiger partial charge in [-0.3, -0.25) is 0 Å². The van der Waals surface area contributed by atoms with Gasteiger partial charge in [0.2, 0.25) is 0 Å². The van der Waals surface area contributed by atoms with Crippen molar-refractivity contribution in [3.63, 3.8) is 0 Å². The molecule has 1 unspecified atom stereocenters. The zero-order chi connectivity index (χ0) is 15.7. The summed E-state index contributed by atoms with van der Waals surface area (Å²) in [6.07, 6.45) is -7.18. The fraction of sp³-hybridized carbons (Fsp3) is 0.571. The van der Waals surface area contributed by atoms with Gasteiger partial charge >= 0.3 is 12.3 Å². The first kappa shape index (κ1) is 16.9. The van der Waals surface area contributed by atoms with Crippen LogP contribution < -0.4 is 0 Å². The Bertz CT molecular complexity index is 465. The zero-order valence-electron chi connectivity index (χ0n) is 11.4. The van der Waals surface area contributed by atoms with Gasteiger partial charge in [-0.15, -0.1) is 0 Å². The summed E-state index contributed by atoms with van der Waals surface area (Å²) < 4.78 is 63.6. The molecule has 1 rings (SSSR count). The minimum atomic E-state index is -4.32. The predicted octanol–water partition coefficient (Wildman–Crippen LogP) is 4.45. The van der Waals surface area contributed by atoms with Crippen molar-refractivity contribution in [1.29, 1.82) is 0 Å². The quantitative estimate of drug-likeness (QED) is 0.814. The fourth-order valence-electron chi connectivity index (χ4n) is 1.95. The molecule has 1 aromatic carbocycles. The van der Waals surface area contributed by atoms with Crippen LogP contribution in [-0.2, 0) is 5.41 Å². The first-order chi connectivity index (χ1) is 8.95. The molecule has 0 fully saturated rings. The number of benzene rings is 1. The van der Waals surface area contributed by atoms with Crippen molar-refractivity contribution in [1.82, 2.24) is 0 Å². The van der Waals surface area contributed by atoms with Gasteiger partial charge in [0, 0.05) is 6.42 Å². The molecule has 114 valence electrons. The Morgan fingerprint density at radius 2 is 1.70 bits per heavy atom. The Labute approximate surface area is 114 Å². The van der Waals surface area contributed by atoms with E-state index in [4.69, 9.17) is 0 Å². The molecule has 0 heterocycles.